The number of nitrogens with one attached hydrogen (secondary N) is 1. The SMILES string of the molecule is CC(=O)/C=C(\C)Nc1cc(C)c2c(c1)cc(-c1ccccc1)n2C. The molecule has 0 aliphatic carbocycles. The number of ketones is 1. The lowest BCUT2D eigenvalue weighted by Gasteiger charge is -2.10. The van der Waals surface area contributed by atoms with Crippen molar-refractivity contribution in [3.63, 3.8) is 0 Å². The summed E-state index contributed by atoms with van der Waals surface area (Å²) in [6.45, 7) is 5.58. The summed E-state index contributed by atoms with van der Waals surface area (Å²) >= 11 is 0. The van der Waals surface area contributed by atoms with Crippen LogP contribution in [-0.2, 0) is 11.8 Å². The molecule has 3 aromatic rings. The Balaban J connectivity index is 2.07. The molecule has 0 bridgehead atoms. The molecule has 0 radical (unpaired) electrons. The Bertz CT molecular complexity index is 933. The van der Waals surface area contributed by atoms with Crippen LogP contribution < -0.4 is 5.32 Å². The summed E-state index contributed by atoms with van der Waals surface area (Å²) in [6.07, 6.45) is 1.61. The average molecular weight is 318 g/mol. The number of benzene rings is 2. The van der Waals surface area contributed by atoms with E-state index in [0.717, 1.165) is 11.4 Å². The minimum absolute atomic E-state index is 0.0453. The van der Waals surface area contributed by atoms with E-state index in [1.54, 1.807) is 13.0 Å². The van der Waals surface area contributed by atoms with Crippen molar-refractivity contribution in [2.45, 2.75) is 20.8 Å². The van der Waals surface area contributed by atoms with Gasteiger partial charge >= 0.3 is 0 Å². The summed E-state index contributed by atoms with van der Waals surface area (Å²) in [5, 5.41) is 4.50. The maximum atomic E-state index is 11.2. The largest absolute Gasteiger partial charge is 0.359 e. The van der Waals surface area contributed by atoms with Crippen molar-refractivity contribution in [1.82, 2.24) is 4.57 Å². The first-order valence-electron chi connectivity index (χ1n) is 8.07. The number of anilines is 1. The monoisotopic (exact) mass is 318 g/mol. The standard InChI is InChI=1S/C21H22N2O/c1-14-10-19(22-15(2)11-16(3)24)12-18-13-20(23(4)21(14)18)17-8-6-5-7-9-17/h5-13,22H,1-4H3/b15-11+. The Morgan fingerprint density at radius 1 is 1.08 bits per heavy atom. The van der Waals surface area contributed by atoms with Gasteiger partial charge < -0.3 is 9.88 Å². The molecule has 1 heterocycles. The normalized spacial score (nSPS) is 11.8. The van der Waals surface area contributed by atoms with Crippen molar-refractivity contribution in [3.05, 3.63) is 65.9 Å². The third-order valence-electron chi connectivity index (χ3n) is 4.15. The average Bonchev–Trinajstić information content (AvgIpc) is 2.84. The van der Waals surface area contributed by atoms with Gasteiger partial charge in [-0.15, -0.1) is 0 Å². The van der Waals surface area contributed by atoms with Crippen molar-refractivity contribution in [3.8, 4) is 11.3 Å². The van der Waals surface area contributed by atoms with E-state index in [4.69, 9.17) is 0 Å². The molecule has 0 fully saturated rings. The number of carbonyl (C=O) groups is 1. The van der Waals surface area contributed by atoms with E-state index >= 15 is 0 Å². The van der Waals surface area contributed by atoms with Gasteiger partial charge in [-0.25, -0.2) is 0 Å². The van der Waals surface area contributed by atoms with Crippen LogP contribution in [0.15, 0.2) is 60.3 Å². The lowest BCUT2D eigenvalue weighted by molar-refractivity contribution is -0.112. The van der Waals surface area contributed by atoms with Crippen LogP contribution in [0.3, 0.4) is 0 Å². The van der Waals surface area contributed by atoms with Gasteiger partial charge in [0.05, 0.1) is 5.52 Å². The molecular formula is C21H22N2O. The number of carbonyl (C=O) groups excluding carboxylic acids is 1. The molecule has 0 aliphatic heterocycles. The summed E-state index contributed by atoms with van der Waals surface area (Å²) in [5.74, 6) is 0.0453. The van der Waals surface area contributed by atoms with E-state index < -0.39 is 0 Å². The second-order valence-electron chi connectivity index (χ2n) is 6.25. The van der Waals surface area contributed by atoms with E-state index in [0.29, 0.717) is 0 Å². The molecule has 0 unspecified atom stereocenters. The highest BCUT2D eigenvalue weighted by Crippen LogP contribution is 2.31. The molecule has 3 rings (SSSR count). The van der Waals surface area contributed by atoms with E-state index in [-0.39, 0.29) is 5.78 Å². The zero-order valence-electron chi connectivity index (χ0n) is 14.6. The van der Waals surface area contributed by atoms with Gasteiger partial charge in [0.15, 0.2) is 5.78 Å². The highest BCUT2D eigenvalue weighted by Gasteiger charge is 2.11. The zero-order valence-corrected chi connectivity index (χ0v) is 14.6. The number of hydrogen-bond acceptors (Lipinski definition) is 2. The molecule has 1 N–H and O–H groups in total. The molecule has 3 nitrogen and oxygen atoms in total. The molecule has 3 heteroatoms. The number of aryl methyl sites for hydroxylation is 2. The number of nitrogens with zero attached hydrogens (tertiary/aromatic N) is 1. The molecule has 0 saturated heterocycles. The summed E-state index contributed by atoms with van der Waals surface area (Å²) in [6, 6.07) is 16.9. The molecule has 0 spiro atoms. The summed E-state index contributed by atoms with van der Waals surface area (Å²) in [5.41, 5.74) is 6.68. The molecule has 0 aliphatic rings. The minimum Gasteiger partial charge on any atom is -0.359 e. The second kappa shape index (κ2) is 6.36. The van der Waals surface area contributed by atoms with Gasteiger partial charge in [-0.1, -0.05) is 30.3 Å². The molecule has 0 amide bonds. The van der Waals surface area contributed by atoms with E-state index in [1.165, 1.54) is 27.7 Å². The van der Waals surface area contributed by atoms with Crippen LogP contribution in [0.5, 0.6) is 0 Å². The molecule has 122 valence electrons. The van der Waals surface area contributed by atoms with Crippen LogP contribution >= 0.6 is 0 Å². The zero-order chi connectivity index (χ0) is 17.3. The van der Waals surface area contributed by atoms with Gasteiger partial charge in [0.25, 0.3) is 0 Å². The van der Waals surface area contributed by atoms with Crippen LogP contribution in [0.1, 0.15) is 19.4 Å². The fraction of sp³-hybridized carbons (Fsp3) is 0.190. The smallest absolute Gasteiger partial charge is 0.154 e. The van der Waals surface area contributed by atoms with Crippen LogP contribution in [-0.4, -0.2) is 10.4 Å². The molecular weight excluding hydrogens is 296 g/mol. The van der Waals surface area contributed by atoms with Crippen LogP contribution in [0.25, 0.3) is 22.2 Å². The van der Waals surface area contributed by atoms with E-state index in [1.807, 2.05) is 13.0 Å². The topological polar surface area (TPSA) is 34.0 Å². The molecule has 0 atom stereocenters. The van der Waals surface area contributed by atoms with Crippen molar-refractivity contribution in [2.75, 3.05) is 5.32 Å². The highest BCUT2D eigenvalue weighted by molar-refractivity contribution is 5.92. The maximum Gasteiger partial charge on any atom is 0.154 e. The van der Waals surface area contributed by atoms with Gasteiger partial charge in [0.1, 0.15) is 0 Å². The number of rotatable bonds is 4. The van der Waals surface area contributed by atoms with Crippen molar-refractivity contribution in [1.29, 1.82) is 0 Å². The van der Waals surface area contributed by atoms with Crippen molar-refractivity contribution in [2.24, 2.45) is 7.05 Å². The van der Waals surface area contributed by atoms with Gasteiger partial charge in [0, 0.05) is 29.5 Å². The fourth-order valence-electron chi connectivity index (χ4n) is 3.27. The highest BCUT2D eigenvalue weighted by atomic mass is 16.1. The Morgan fingerprint density at radius 3 is 2.46 bits per heavy atom. The minimum atomic E-state index is 0.0453. The number of fused-ring (bicyclic) bond motifs is 1. The quantitative estimate of drug-likeness (QED) is 0.682. The molecule has 2 aromatic carbocycles. The maximum absolute atomic E-state index is 11.2. The fourth-order valence-corrected chi connectivity index (χ4v) is 3.27. The lowest BCUT2D eigenvalue weighted by Crippen LogP contribution is -1.99. The Morgan fingerprint density at radius 2 is 1.79 bits per heavy atom. The van der Waals surface area contributed by atoms with Gasteiger partial charge in [0.2, 0.25) is 0 Å². The molecule has 0 saturated carbocycles. The summed E-state index contributed by atoms with van der Waals surface area (Å²) in [7, 11) is 2.10. The summed E-state index contributed by atoms with van der Waals surface area (Å²) < 4.78 is 2.24. The van der Waals surface area contributed by atoms with Gasteiger partial charge in [-0.3, -0.25) is 4.79 Å². The lowest BCUT2D eigenvalue weighted by atomic mass is 10.1. The van der Waals surface area contributed by atoms with Crippen LogP contribution in [0.2, 0.25) is 0 Å². The predicted octanol–water partition coefficient (Wildman–Crippen LogP) is 5.06. The third kappa shape index (κ3) is 3.11. The van der Waals surface area contributed by atoms with E-state index in [9.17, 15) is 4.79 Å². The molecule has 1 aromatic heterocycles. The van der Waals surface area contributed by atoms with Gasteiger partial charge in [-0.05, 0) is 56.2 Å². The Labute approximate surface area is 142 Å². The van der Waals surface area contributed by atoms with Crippen molar-refractivity contribution >= 4 is 22.4 Å². The predicted molar refractivity (Wildman–Crippen MR) is 101 cm³/mol. The summed E-state index contributed by atoms with van der Waals surface area (Å²) in [4.78, 5) is 11.2. The van der Waals surface area contributed by atoms with Crippen LogP contribution in [0.4, 0.5) is 5.69 Å². The molecule has 24 heavy (non-hydrogen) atoms. The second-order valence-corrected chi connectivity index (χ2v) is 6.25. The first kappa shape index (κ1) is 16.1. The Kier molecular flexibility index (Phi) is 4.26. The number of aromatic nitrogens is 1. The van der Waals surface area contributed by atoms with Gasteiger partial charge in [-0.2, -0.15) is 0 Å². The van der Waals surface area contributed by atoms with E-state index in [2.05, 4.69) is 66.3 Å². The number of allylic oxidation sites excluding steroid dienone is 2. The van der Waals surface area contributed by atoms with Crippen molar-refractivity contribution < 1.29 is 4.79 Å². The Hall–Kier alpha value is -2.81. The first-order chi connectivity index (χ1) is 11.5. The first-order valence-corrected chi connectivity index (χ1v) is 8.07. The van der Waals surface area contributed by atoms with Crippen LogP contribution in [0, 0.1) is 6.92 Å². The number of hydrogen-bond donors (Lipinski definition) is 1. The third-order valence-corrected chi connectivity index (χ3v) is 4.15.